The summed E-state index contributed by atoms with van der Waals surface area (Å²) in [5.74, 6) is 0.558. The zero-order chi connectivity index (χ0) is 14.2. The lowest BCUT2D eigenvalue weighted by molar-refractivity contribution is -0.104. The van der Waals surface area contributed by atoms with Crippen molar-refractivity contribution in [2.45, 2.75) is 47.5 Å². The molecule has 1 unspecified atom stereocenters. The van der Waals surface area contributed by atoms with Gasteiger partial charge in [-0.05, 0) is 48.8 Å². The van der Waals surface area contributed by atoms with E-state index in [4.69, 9.17) is 4.84 Å². The zero-order valence-corrected chi connectivity index (χ0v) is 12.5. The Morgan fingerprint density at radius 2 is 2.00 bits per heavy atom. The molecule has 0 radical (unpaired) electrons. The standard InChI is InChI=1S/C15H27NO2/c1-12(7-8-17)9-14(16-18-6)10-13(2)11-15(3,4)5/h7-9,13,16H,10-11H2,1-6H3/b12-7-,14-9-. The number of hydrogen-bond donors (Lipinski definition) is 1. The summed E-state index contributed by atoms with van der Waals surface area (Å²) in [6.45, 7) is 10.9. The first-order valence-electron chi connectivity index (χ1n) is 6.40. The number of hydrogen-bond acceptors (Lipinski definition) is 3. The van der Waals surface area contributed by atoms with Crippen molar-refractivity contribution in [2.75, 3.05) is 7.11 Å². The van der Waals surface area contributed by atoms with Crippen LogP contribution in [0.25, 0.3) is 0 Å². The minimum absolute atomic E-state index is 0.325. The minimum Gasteiger partial charge on any atom is -0.299 e. The summed E-state index contributed by atoms with van der Waals surface area (Å²) in [4.78, 5) is 15.4. The van der Waals surface area contributed by atoms with Gasteiger partial charge in [0.1, 0.15) is 6.29 Å². The molecular formula is C15H27NO2. The van der Waals surface area contributed by atoms with E-state index in [1.165, 1.54) is 0 Å². The molecule has 104 valence electrons. The maximum Gasteiger partial charge on any atom is 0.143 e. The van der Waals surface area contributed by atoms with Crippen LogP contribution in [-0.4, -0.2) is 13.4 Å². The van der Waals surface area contributed by atoms with E-state index in [1.54, 1.807) is 13.2 Å². The van der Waals surface area contributed by atoms with E-state index in [2.05, 4.69) is 33.2 Å². The molecular weight excluding hydrogens is 226 g/mol. The molecule has 1 N–H and O–H groups in total. The van der Waals surface area contributed by atoms with E-state index in [0.717, 1.165) is 30.4 Å². The largest absolute Gasteiger partial charge is 0.299 e. The van der Waals surface area contributed by atoms with Crippen molar-refractivity contribution in [3.05, 3.63) is 23.4 Å². The molecule has 0 fully saturated rings. The van der Waals surface area contributed by atoms with Gasteiger partial charge in [0.25, 0.3) is 0 Å². The third-order valence-corrected chi connectivity index (χ3v) is 2.50. The predicted octanol–water partition coefficient (Wildman–Crippen LogP) is 3.63. The van der Waals surface area contributed by atoms with Gasteiger partial charge < -0.3 is 0 Å². The average Bonchev–Trinajstić information content (AvgIpc) is 2.14. The molecule has 0 amide bonds. The maximum absolute atomic E-state index is 10.4. The highest BCUT2D eigenvalue weighted by Gasteiger charge is 2.16. The first-order valence-corrected chi connectivity index (χ1v) is 6.40. The minimum atomic E-state index is 0.325. The highest BCUT2D eigenvalue weighted by molar-refractivity contribution is 5.67. The van der Waals surface area contributed by atoms with Gasteiger partial charge in [0.05, 0.1) is 7.11 Å². The fraction of sp³-hybridized carbons (Fsp3) is 0.667. The molecule has 0 aromatic rings. The van der Waals surface area contributed by atoms with Crippen LogP contribution in [-0.2, 0) is 9.63 Å². The van der Waals surface area contributed by atoms with Crippen LogP contribution in [0.2, 0.25) is 0 Å². The fourth-order valence-corrected chi connectivity index (χ4v) is 2.18. The van der Waals surface area contributed by atoms with Gasteiger partial charge in [-0.25, -0.2) is 0 Å². The number of hydroxylamine groups is 1. The average molecular weight is 253 g/mol. The number of rotatable bonds is 7. The second-order valence-corrected chi connectivity index (χ2v) is 6.10. The van der Waals surface area contributed by atoms with Crippen LogP contribution in [0.15, 0.2) is 23.4 Å². The monoisotopic (exact) mass is 253 g/mol. The van der Waals surface area contributed by atoms with Gasteiger partial charge in [-0.2, -0.15) is 0 Å². The SMILES string of the molecule is CON/C(=C\C(C)=C/C=O)CC(C)CC(C)(C)C. The lowest BCUT2D eigenvalue weighted by atomic mass is 9.83. The van der Waals surface area contributed by atoms with Crippen LogP contribution in [0.3, 0.4) is 0 Å². The maximum atomic E-state index is 10.4. The molecule has 0 aliphatic rings. The topological polar surface area (TPSA) is 38.3 Å². The first-order chi connectivity index (χ1) is 8.28. The zero-order valence-electron chi connectivity index (χ0n) is 12.5. The summed E-state index contributed by atoms with van der Waals surface area (Å²) in [6.07, 6.45) is 6.36. The Morgan fingerprint density at radius 1 is 1.39 bits per heavy atom. The van der Waals surface area contributed by atoms with Gasteiger partial charge in [0.15, 0.2) is 0 Å². The van der Waals surface area contributed by atoms with Gasteiger partial charge in [-0.1, -0.05) is 27.7 Å². The predicted molar refractivity (Wildman–Crippen MR) is 75.9 cm³/mol. The molecule has 0 aliphatic carbocycles. The van der Waals surface area contributed by atoms with E-state index < -0.39 is 0 Å². The van der Waals surface area contributed by atoms with E-state index >= 15 is 0 Å². The number of allylic oxidation sites excluding steroid dienone is 4. The number of carbonyl (C=O) groups excluding carboxylic acids is 1. The van der Waals surface area contributed by atoms with E-state index in [9.17, 15) is 4.79 Å². The Kier molecular flexibility index (Phi) is 7.60. The van der Waals surface area contributed by atoms with Gasteiger partial charge in [0, 0.05) is 5.70 Å². The molecule has 0 saturated carbocycles. The third kappa shape index (κ3) is 8.99. The molecule has 0 aromatic carbocycles. The summed E-state index contributed by atoms with van der Waals surface area (Å²) < 4.78 is 0. The molecule has 18 heavy (non-hydrogen) atoms. The summed E-state index contributed by atoms with van der Waals surface area (Å²) in [7, 11) is 1.60. The van der Waals surface area contributed by atoms with Crippen LogP contribution in [0, 0.1) is 11.3 Å². The lowest BCUT2D eigenvalue weighted by Gasteiger charge is -2.24. The third-order valence-electron chi connectivity index (χ3n) is 2.50. The van der Waals surface area contributed by atoms with Crippen LogP contribution >= 0.6 is 0 Å². The summed E-state index contributed by atoms with van der Waals surface area (Å²) in [6, 6.07) is 0. The molecule has 0 saturated heterocycles. The molecule has 0 spiro atoms. The molecule has 3 heteroatoms. The van der Waals surface area contributed by atoms with Crippen molar-refractivity contribution in [1.29, 1.82) is 0 Å². The van der Waals surface area contributed by atoms with Crippen molar-refractivity contribution < 1.29 is 9.63 Å². The van der Waals surface area contributed by atoms with E-state index in [1.807, 2.05) is 13.0 Å². The van der Waals surface area contributed by atoms with Crippen LogP contribution in [0.5, 0.6) is 0 Å². The quantitative estimate of drug-likeness (QED) is 0.326. The highest BCUT2D eigenvalue weighted by atomic mass is 16.6. The van der Waals surface area contributed by atoms with Crippen molar-refractivity contribution in [3.8, 4) is 0 Å². The summed E-state index contributed by atoms with van der Waals surface area (Å²) in [5, 5.41) is 0. The van der Waals surface area contributed by atoms with Gasteiger partial charge in [-0.3, -0.25) is 15.1 Å². The van der Waals surface area contributed by atoms with Gasteiger partial charge in [-0.15, -0.1) is 0 Å². The van der Waals surface area contributed by atoms with E-state index in [0.29, 0.717) is 11.3 Å². The van der Waals surface area contributed by atoms with Crippen LogP contribution in [0.1, 0.15) is 47.5 Å². The molecule has 1 atom stereocenters. The van der Waals surface area contributed by atoms with Crippen molar-refractivity contribution in [2.24, 2.45) is 11.3 Å². The number of nitrogens with one attached hydrogen (secondary N) is 1. The molecule has 0 heterocycles. The lowest BCUT2D eigenvalue weighted by Crippen LogP contribution is -2.17. The molecule has 3 nitrogen and oxygen atoms in total. The summed E-state index contributed by atoms with van der Waals surface area (Å²) >= 11 is 0. The van der Waals surface area contributed by atoms with Crippen molar-refractivity contribution in [3.63, 3.8) is 0 Å². The van der Waals surface area contributed by atoms with Crippen molar-refractivity contribution >= 4 is 6.29 Å². The molecule has 0 bridgehead atoms. The fourth-order valence-electron chi connectivity index (χ4n) is 2.18. The van der Waals surface area contributed by atoms with Gasteiger partial charge in [0.2, 0.25) is 0 Å². The smallest absolute Gasteiger partial charge is 0.143 e. The second-order valence-electron chi connectivity index (χ2n) is 6.10. The summed E-state index contributed by atoms with van der Waals surface area (Å²) in [5.41, 5.74) is 5.15. The van der Waals surface area contributed by atoms with E-state index in [-0.39, 0.29) is 0 Å². The Bertz CT molecular complexity index is 311. The first kappa shape index (κ1) is 16.9. The Morgan fingerprint density at radius 3 is 2.44 bits per heavy atom. The Labute approximate surface area is 111 Å². The molecule has 0 rings (SSSR count). The second kappa shape index (κ2) is 8.09. The number of aldehydes is 1. The normalized spacial score (nSPS) is 15.4. The Balaban J connectivity index is 4.62. The number of carbonyl (C=O) groups is 1. The van der Waals surface area contributed by atoms with Crippen molar-refractivity contribution in [1.82, 2.24) is 5.48 Å². The Hall–Kier alpha value is -1.09. The van der Waals surface area contributed by atoms with Crippen LogP contribution in [0.4, 0.5) is 0 Å². The van der Waals surface area contributed by atoms with Gasteiger partial charge >= 0.3 is 0 Å². The molecule has 0 aliphatic heterocycles. The molecule has 0 aromatic heterocycles. The van der Waals surface area contributed by atoms with Crippen LogP contribution < -0.4 is 5.48 Å². The highest BCUT2D eigenvalue weighted by Crippen LogP contribution is 2.27.